The highest BCUT2D eigenvalue weighted by atomic mass is 32.2. The predicted octanol–water partition coefficient (Wildman–Crippen LogP) is 4.45. The Kier molecular flexibility index (Phi) is 6.91. The van der Waals surface area contributed by atoms with E-state index >= 15 is 0 Å². The van der Waals surface area contributed by atoms with E-state index in [9.17, 15) is 5.26 Å². The summed E-state index contributed by atoms with van der Waals surface area (Å²) in [6, 6.07) is 18.0. The average Bonchev–Trinajstić information content (AvgIpc) is 3.16. The van der Waals surface area contributed by atoms with Crippen LogP contribution in [0.15, 0.2) is 53.7 Å². The van der Waals surface area contributed by atoms with Gasteiger partial charge in [0.25, 0.3) is 0 Å². The van der Waals surface area contributed by atoms with E-state index in [1.165, 1.54) is 0 Å². The maximum absolute atomic E-state index is 9.36. The summed E-state index contributed by atoms with van der Waals surface area (Å²) in [6.07, 6.45) is 0.920. The fraction of sp³-hybridized carbons (Fsp3) is 0.318. The molecule has 0 saturated heterocycles. The molecule has 0 aliphatic heterocycles. The quantitative estimate of drug-likeness (QED) is 0.514. The lowest BCUT2D eigenvalue weighted by Gasteiger charge is -2.23. The van der Waals surface area contributed by atoms with Crippen LogP contribution in [-0.2, 0) is 5.75 Å². The minimum Gasteiger partial charge on any atom is -0.497 e. The largest absolute Gasteiger partial charge is 0.497 e. The molecule has 0 spiro atoms. The van der Waals surface area contributed by atoms with Gasteiger partial charge in [-0.05, 0) is 56.4 Å². The van der Waals surface area contributed by atoms with Crippen LogP contribution >= 0.6 is 11.8 Å². The minimum atomic E-state index is 0.144. The molecule has 0 fully saturated rings. The van der Waals surface area contributed by atoms with Crippen molar-refractivity contribution >= 4 is 11.8 Å². The zero-order valence-electron chi connectivity index (χ0n) is 17.2. The summed E-state index contributed by atoms with van der Waals surface area (Å²) in [5.74, 6) is 2.36. The van der Waals surface area contributed by atoms with Crippen LogP contribution in [0.4, 0.5) is 0 Å². The maximum atomic E-state index is 9.36. The molecule has 6 nitrogen and oxygen atoms in total. The minimum absolute atomic E-state index is 0.144. The molecule has 1 atom stereocenters. The van der Waals surface area contributed by atoms with Gasteiger partial charge in [-0.3, -0.25) is 9.47 Å². The fourth-order valence-electron chi connectivity index (χ4n) is 3.24. The molecule has 3 aromatic rings. The van der Waals surface area contributed by atoms with Gasteiger partial charge in [-0.1, -0.05) is 36.9 Å². The Morgan fingerprint density at radius 3 is 2.48 bits per heavy atom. The Morgan fingerprint density at radius 2 is 1.86 bits per heavy atom. The molecule has 150 valence electrons. The Morgan fingerprint density at radius 1 is 1.14 bits per heavy atom. The van der Waals surface area contributed by atoms with Gasteiger partial charge in [0.15, 0.2) is 11.0 Å². The second kappa shape index (κ2) is 9.59. The van der Waals surface area contributed by atoms with Crippen LogP contribution in [0.2, 0.25) is 0 Å². The summed E-state index contributed by atoms with van der Waals surface area (Å²) in [5.41, 5.74) is 2.67. The van der Waals surface area contributed by atoms with Gasteiger partial charge in [0.05, 0.1) is 24.8 Å². The molecule has 0 aliphatic carbocycles. The number of hydrogen-bond donors (Lipinski definition) is 0. The van der Waals surface area contributed by atoms with E-state index in [4.69, 9.17) is 4.74 Å². The van der Waals surface area contributed by atoms with Gasteiger partial charge in [0.2, 0.25) is 0 Å². The van der Waals surface area contributed by atoms with E-state index in [0.29, 0.717) is 11.3 Å². The van der Waals surface area contributed by atoms with Gasteiger partial charge in [-0.25, -0.2) is 0 Å². The molecule has 29 heavy (non-hydrogen) atoms. The Hall–Kier alpha value is -2.82. The van der Waals surface area contributed by atoms with Gasteiger partial charge in [-0.15, -0.1) is 10.2 Å². The van der Waals surface area contributed by atoms with Gasteiger partial charge in [0.1, 0.15) is 5.75 Å². The van der Waals surface area contributed by atoms with Crippen molar-refractivity contribution in [2.75, 3.05) is 21.2 Å². The Labute approximate surface area is 176 Å². The van der Waals surface area contributed by atoms with E-state index in [-0.39, 0.29) is 6.04 Å². The molecule has 7 heteroatoms. The second-order valence-electron chi connectivity index (χ2n) is 6.82. The van der Waals surface area contributed by atoms with E-state index in [2.05, 4.69) is 46.8 Å². The maximum Gasteiger partial charge on any atom is 0.196 e. The van der Waals surface area contributed by atoms with Crippen LogP contribution in [0.3, 0.4) is 0 Å². The molecule has 2 aromatic carbocycles. The molecule has 1 unspecified atom stereocenters. The van der Waals surface area contributed by atoms with Gasteiger partial charge in [-0.2, -0.15) is 5.26 Å². The van der Waals surface area contributed by atoms with Gasteiger partial charge in [0, 0.05) is 11.4 Å². The van der Waals surface area contributed by atoms with Crippen molar-refractivity contribution < 1.29 is 4.74 Å². The van der Waals surface area contributed by atoms with Crippen molar-refractivity contribution in [1.29, 1.82) is 5.26 Å². The predicted molar refractivity (Wildman–Crippen MR) is 115 cm³/mol. The molecule has 1 aromatic heterocycles. The topological polar surface area (TPSA) is 67.0 Å². The molecule has 0 aliphatic rings. The molecule has 3 rings (SSSR count). The number of thioether (sulfide) groups is 1. The fourth-order valence-corrected chi connectivity index (χ4v) is 4.20. The lowest BCUT2D eigenvalue weighted by molar-refractivity contribution is 0.276. The second-order valence-corrected chi connectivity index (χ2v) is 7.76. The molecule has 1 heterocycles. The van der Waals surface area contributed by atoms with Crippen LogP contribution < -0.4 is 4.74 Å². The molecule has 0 bridgehead atoms. The zero-order valence-corrected chi connectivity index (χ0v) is 18.0. The number of methoxy groups -OCH3 is 1. The molecular formula is C22H25N5OS. The number of rotatable bonds is 8. The van der Waals surface area contributed by atoms with Crippen molar-refractivity contribution in [3.63, 3.8) is 0 Å². The third kappa shape index (κ3) is 4.61. The Balaban J connectivity index is 2.00. The molecule has 0 radical (unpaired) electrons. The number of aromatic nitrogens is 3. The summed E-state index contributed by atoms with van der Waals surface area (Å²) >= 11 is 1.58. The van der Waals surface area contributed by atoms with Crippen LogP contribution in [0, 0.1) is 11.3 Å². The van der Waals surface area contributed by atoms with Crippen LogP contribution in [0.25, 0.3) is 5.69 Å². The lowest BCUT2D eigenvalue weighted by atomic mass is 10.1. The SMILES string of the molecule is CCC(c1nnc(SCc2ccccc2C#N)n1-c1ccc(OC)cc1)N(C)C. The highest BCUT2D eigenvalue weighted by Gasteiger charge is 2.23. The van der Waals surface area contributed by atoms with Crippen molar-refractivity contribution in [2.45, 2.75) is 30.3 Å². The van der Waals surface area contributed by atoms with E-state index in [1.54, 1.807) is 18.9 Å². The van der Waals surface area contributed by atoms with Crippen molar-refractivity contribution in [3.8, 4) is 17.5 Å². The number of nitrogens with zero attached hydrogens (tertiary/aromatic N) is 5. The van der Waals surface area contributed by atoms with E-state index < -0.39 is 0 Å². The molecule has 0 N–H and O–H groups in total. The standard InChI is InChI=1S/C22H25N5OS/c1-5-20(26(2)3)21-24-25-22(27(21)18-10-12-19(28-4)13-11-18)29-15-17-9-7-6-8-16(17)14-23/h6-13,20H,5,15H2,1-4H3. The first kappa shape index (κ1) is 20.9. The number of ether oxygens (including phenoxy) is 1. The number of benzene rings is 2. The van der Waals surface area contributed by atoms with Gasteiger partial charge >= 0.3 is 0 Å². The third-order valence-corrected chi connectivity index (χ3v) is 5.77. The summed E-state index contributed by atoms with van der Waals surface area (Å²) < 4.78 is 7.40. The zero-order chi connectivity index (χ0) is 20.8. The first-order valence-corrected chi connectivity index (χ1v) is 10.4. The monoisotopic (exact) mass is 407 g/mol. The smallest absolute Gasteiger partial charge is 0.196 e. The van der Waals surface area contributed by atoms with Crippen LogP contribution in [0.1, 0.15) is 36.3 Å². The normalized spacial score (nSPS) is 12.0. The third-order valence-electron chi connectivity index (χ3n) is 4.79. The van der Waals surface area contributed by atoms with Gasteiger partial charge < -0.3 is 4.74 Å². The van der Waals surface area contributed by atoms with Crippen molar-refractivity contribution in [1.82, 2.24) is 19.7 Å². The molecule has 0 amide bonds. The lowest BCUT2D eigenvalue weighted by Crippen LogP contribution is -2.22. The number of nitriles is 1. The molecular weight excluding hydrogens is 382 g/mol. The van der Waals surface area contributed by atoms with E-state index in [0.717, 1.165) is 34.4 Å². The highest BCUT2D eigenvalue weighted by molar-refractivity contribution is 7.98. The van der Waals surface area contributed by atoms with Crippen molar-refractivity contribution in [2.24, 2.45) is 0 Å². The Bertz CT molecular complexity index is 991. The van der Waals surface area contributed by atoms with Crippen LogP contribution in [-0.4, -0.2) is 40.9 Å². The van der Waals surface area contributed by atoms with E-state index in [1.807, 2.05) is 48.5 Å². The number of hydrogen-bond acceptors (Lipinski definition) is 6. The summed E-state index contributed by atoms with van der Waals surface area (Å²) in [5, 5.41) is 19.2. The summed E-state index contributed by atoms with van der Waals surface area (Å²) in [7, 11) is 5.76. The summed E-state index contributed by atoms with van der Waals surface area (Å²) in [4.78, 5) is 2.16. The summed E-state index contributed by atoms with van der Waals surface area (Å²) in [6.45, 7) is 2.15. The first-order valence-electron chi connectivity index (χ1n) is 9.46. The van der Waals surface area contributed by atoms with Crippen LogP contribution in [0.5, 0.6) is 5.75 Å². The molecule has 0 saturated carbocycles. The highest BCUT2D eigenvalue weighted by Crippen LogP contribution is 2.31. The average molecular weight is 408 g/mol. The first-order chi connectivity index (χ1) is 14.1. The van der Waals surface area contributed by atoms with Crippen molar-refractivity contribution in [3.05, 3.63) is 65.5 Å².